The first-order valence-electron chi connectivity index (χ1n) is 7.40. The number of nitrogens with zero attached hydrogens (tertiary/aromatic N) is 2. The molecule has 0 radical (unpaired) electrons. The van der Waals surface area contributed by atoms with E-state index in [0.717, 1.165) is 12.4 Å². The second-order valence-corrected chi connectivity index (χ2v) is 4.61. The highest BCUT2D eigenvalue weighted by molar-refractivity contribution is 5.65. The first kappa shape index (κ1) is 18.5. The molecule has 0 amide bonds. The predicted octanol–water partition coefficient (Wildman–Crippen LogP) is 5.53. The van der Waals surface area contributed by atoms with Crippen molar-refractivity contribution in [1.29, 1.82) is 0 Å². The molecule has 0 fully saturated rings. The van der Waals surface area contributed by atoms with Crippen LogP contribution in [-0.4, -0.2) is 9.97 Å². The lowest BCUT2D eigenvalue weighted by molar-refractivity contribution is 0.381. The topological polar surface area (TPSA) is 25.8 Å². The van der Waals surface area contributed by atoms with Crippen molar-refractivity contribution in [2.75, 3.05) is 0 Å². The monoisotopic (exact) mass is 352 g/mol. The summed E-state index contributed by atoms with van der Waals surface area (Å²) < 4.78 is 67.0. The van der Waals surface area contributed by atoms with Gasteiger partial charge in [0.1, 0.15) is 0 Å². The van der Waals surface area contributed by atoms with Crippen molar-refractivity contribution < 1.29 is 22.0 Å². The van der Waals surface area contributed by atoms with Gasteiger partial charge in [0.2, 0.25) is 5.82 Å². The van der Waals surface area contributed by atoms with E-state index in [1.54, 1.807) is 30.3 Å². The summed E-state index contributed by atoms with van der Waals surface area (Å²) in [5, 5.41) is 0. The van der Waals surface area contributed by atoms with Gasteiger partial charge in [-0.05, 0) is 0 Å². The molecule has 0 saturated carbocycles. The lowest BCUT2D eigenvalue weighted by atomic mass is 10.1. The van der Waals surface area contributed by atoms with Crippen LogP contribution < -0.4 is 0 Å². The minimum absolute atomic E-state index is 0.262. The predicted molar refractivity (Wildman–Crippen MR) is 84.0 cm³/mol. The third-order valence-electron chi connectivity index (χ3n) is 3.18. The molecule has 25 heavy (non-hydrogen) atoms. The van der Waals surface area contributed by atoms with Crippen LogP contribution in [0, 0.1) is 29.1 Å². The van der Waals surface area contributed by atoms with Gasteiger partial charge in [-0.15, -0.1) is 0 Å². The summed E-state index contributed by atoms with van der Waals surface area (Å²) in [7, 11) is 0. The molecule has 130 valence electrons. The van der Waals surface area contributed by atoms with Crippen LogP contribution in [0.5, 0.6) is 0 Å². The van der Waals surface area contributed by atoms with Gasteiger partial charge < -0.3 is 0 Å². The molecule has 3 rings (SSSR count). The third-order valence-corrected chi connectivity index (χ3v) is 3.18. The highest BCUT2D eigenvalue weighted by Crippen LogP contribution is 2.31. The molecular formula is C18H13F5N2. The Morgan fingerprint density at radius 1 is 0.600 bits per heavy atom. The van der Waals surface area contributed by atoms with Gasteiger partial charge in [0.05, 0.1) is 5.56 Å². The van der Waals surface area contributed by atoms with Crippen LogP contribution in [0.1, 0.15) is 13.8 Å². The van der Waals surface area contributed by atoms with E-state index in [1.807, 2.05) is 13.8 Å². The summed E-state index contributed by atoms with van der Waals surface area (Å²) in [6, 6.07) is 8.71. The maximum absolute atomic E-state index is 13.7. The fraction of sp³-hybridized carbons (Fsp3) is 0.111. The number of halogens is 5. The van der Waals surface area contributed by atoms with Gasteiger partial charge in [-0.1, -0.05) is 44.2 Å². The highest BCUT2D eigenvalue weighted by Gasteiger charge is 2.26. The van der Waals surface area contributed by atoms with Crippen molar-refractivity contribution in [1.82, 2.24) is 9.97 Å². The Balaban J connectivity index is 0.00000109. The van der Waals surface area contributed by atoms with E-state index in [-0.39, 0.29) is 11.4 Å². The fourth-order valence-electron chi connectivity index (χ4n) is 2.05. The lowest BCUT2D eigenvalue weighted by Crippen LogP contribution is -2.04. The molecule has 0 saturated heterocycles. The molecule has 1 heterocycles. The first-order valence-corrected chi connectivity index (χ1v) is 7.40. The number of rotatable bonds is 2. The molecule has 0 atom stereocenters. The second-order valence-electron chi connectivity index (χ2n) is 4.61. The van der Waals surface area contributed by atoms with E-state index < -0.39 is 34.6 Å². The lowest BCUT2D eigenvalue weighted by Gasteiger charge is -2.08. The molecule has 0 spiro atoms. The molecule has 0 aliphatic carbocycles. The smallest absolute Gasteiger partial charge is 0.200 e. The molecule has 0 aliphatic heterocycles. The molecule has 0 N–H and O–H groups in total. The second kappa shape index (κ2) is 7.83. The highest BCUT2D eigenvalue weighted by atomic mass is 19.2. The molecule has 7 heteroatoms. The molecule has 3 aromatic rings. The fourth-order valence-corrected chi connectivity index (χ4v) is 2.05. The Morgan fingerprint density at radius 2 is 1.04 bits per heavy atom. The van der Waals surface area contributed by atoms with Crippen LogP contribution in [-0.2, 0) is 0 Å². The SMILES string of the molecule is CC.Fc1c(F)c(F)c(-c2cnc(-c3ccccc3)nc2)c(F)c1F. The molecular weight excluding hydrogens is 339 g/mol. The van der Waals surface area contributed by atoms with Gasteiger partial charge in [-0.2, -0.15) is 0 Å². The molecule has 0 aliphatic rings. The first-order chi connectivity index (χ1) is 12.0. The maximum atomic E-state index is 13.7. The normalized spacial score (nSPS) is 10.2. The van der Waals surface area contributed by atoms with E-state index in [9.17, 15) is 22.0 Å². The van der Waals surface area contributed by atoms with Gasteiger partial charge >= 0.3 is 0 Å². The van der Waals surface area contributed by atoms with Gasteiger partial charge in [0, 0.05) is 23.5 Å². The van der Waals surface area contributed by atoms with E-state index in [1.165, 1.54) is 0 Å². The number of hydrogen-bond donors (Lipinski definition) is 0. The van der Waals surface area contributed by atoms with Gasteiger partial charge in [0.25, 0.3) is 0 Å². The molecule has 1 aromatic heterocycles. The van der Waals surface area contributed by atoms with Gasteiger partial charge in [0.15, 0.2) is 29.1 Å². The molecule has 2 nitrogen and oxygen atoms in total. The Hall–Kier alpha value is -2.83. The average Bonchev–Trinajstić information content (AvgIpc) is 2.68. The zero-order valence-electron chi connectivity index (χ0n) is 13.3. The largest absolute Gasteiger partial charge is 0.236 e. The Bertz CT molecular complexity index is 836. The van der Waals surface area contributed by atoms with Crippen molar-refractivity contribution in [3.63, 3.8) is 0 Å². The van der Waals surface area contributed by atoms with Crippen LogP contribution in [0.3, 0.4) is 0 Å². The van der Waals surface area contributed by atoms with E-state index in [2.05, 4.69) is 9.97 Å². The van der Waals surface area contributed by atoms with Crippen LogP contribution in [0.15, 0.2) is 42.7 Å². The summed E-state index contributed by atoms with van der Waals surface area (Å²) in [6.45, 7) is 4.00. The zero-order valence-corrected chi connectivity index (χ0v) is 13.3. The van der Waals surface area contributed by atoms with Gasteiger partial charge in [-0.3, -0.25) is 0 Å². The van der Waals surface area contributed by atoms with Crippen molar-refractivity contribution >= 4 is 0 Å². The van der Waals surface area contributed by atoms with Crippen LogP contribution in [0.2, 0.25) is 0 Å². The quantitative estimate of drug-likeness (QED) is 0.344. The summed E-state index contributed by atoms with van der Waals surface area (Å²) in [5.41, 5.74) is -0.713. The standard InChI is InChI=1S/C16H7F5N2.C2H6/c17-11-10(12(18)14(20)15(21)13(11)19)9-6-22-16(23-7-9)8-4-2-1-3-5-8;1-2/h1-7H;1-2H3. The minimum Gasteiger partial charge on any atom is -0.236 e. The Labute approximate surface area is 141 Å². The van der Waals surface area contributed by atoms with Crippen molar-refractivity contribution in [2.45, 2.75) is 13.8 Å². The average molecular weight is 352 g/mol. The summed E-state index contributed by atoms with van der Waals surface area (Å²) >= 11 is 0. The van der Waals surface area contributed by atoms with Crippen LogP contribution in [0.4, 0.5) is 22.0 Å². The summed E-state index contributed by atoms with van der Waals surface area (Å²) in [5.74, 6) is -9.80. The Morgan fingerprint density at radius 3 is 1.52 bits per heavy atom. The minimum atomic E-state index is -2.20. The summed E-state index contributed by atoms with van der Waals surface area (Å²) in [4.78, 5) is 7.81. The molecule has 0 unspecified atom stereocenters. The third kappa shape index (κ3) is 3.50. The van der Waals surface area contributed by atoms with E-state index in [0.29, 0.717) is 5.56 Å². The van der Waals surface area contributed by atoms with Crippen LogP contribution >= 0.6 is 0 Å². The number of aromatic nitrogens is 2. The van der Waals surface area contributed by atoms with Crippen molar-refractivity contribution in [2.24, 2.45) is 0 Å². The molecule has 2 aromatic carbocycles. The summed E-state index contributed by atoms with van der Waals surface area (Å²) in [6.07, 6.45) is 2.02. The van der Waals surface area contributed by atoms with Gasteiger partial charge in [-0.25, -0.2) is 31.9 Å². The maximum Gasteiger partial charge on any atom is 0.200 e. The van der Waals surface area contributed by atoms with Crippen molar-refractivity contribution in [3.8, 4) is 22.5 Å². The van der Waals surface area contributed by atoms with Crippen molar-refractivity contribution in [3.05, 3.63) is 71.8 Å². The zero-order chi connectivity index (χ0) is 18.6. The number of hydrogen-bond acceptors (Lipinski definition) is 2. The number of benzene rings is 2. The molecule has 0 bridgehead atoms. The van der Waals surface area contributed by atoms with E-state index in [4.69, 9.17) is 0 Å². The van der Waals surface area contributed by atoms with E-state index >= 15 is 0 Å². The van der Waals surface area contributed by atoms with Crippen LogP contribution in [0.25, 0.3) is 22.5 Å². The Kier molecular flexibility index (Phi) is 5.80.